The first kappa shape index (κ1) is 15.4. The van der Waals surface area contributed by atoms with Crippen molar-refractivity contribution in [3.63, 3.8) is 0 Å². The Balaban J connectivity index is 1.91. The molecule has 0 radical (unpaired) electrons. The smallest absolute Gasteiger partial charge is 0.233 e. The Labute approximate surface area is 132 Å². The molecule has 1 aromatic heterocycles. The van der Waals surface area contributed by atoms with Crippen molar-refractivity contribution in [2.75, 3.05) is 12.3 Å². The van der Waals surface area contributed by atoms with Gasteiger partial charge in [-0.1, -0.05) is 29.8 Å². The van der Waals surface area contributed by atoms with Crippen molar-refractivity contribution in [1.82, 2.24) is 4.90 Å². The molecule has 2 rings (SSSR count). The molecular formula is C15H16ClNOS2. The third kappa shape index (κ3) is 4.27. The number of carbonyl (C=O) groups excluding carboxylic acids is 1. The topological polar surface area (TPSA) is 20.3 Å². The highest BCUT2D eigenvalue weighted by molar-refractivity contribution is 8.00. The van der Waals surface area contributed by atoms with E-state index in [9.17, 15) is 4.79 Å². The van der Waals surface area contributed by atoms with Gasteiger partial charge < -0.3 is 4.90 Å². The number of thioether (sulfide) groups is 1. The van der Waals surface area contributed by atoms with Crippen LogP contribution in [0.1, 0.15) is 11.8 Å². The SMILES string of the molecule is CCN(Cc1cccs1)C(=O)CSc1ccccc1Cl. The Morgan fingerprint density at radius 2 is 2.10 bits per heavy atom. The fraction of sp³-hybridized carbons (Fsp3) is 0.267. The highest BCUT2D eigenvalue weighted by atomic mass is 35.5. The molecule has 1 heterocycles. The number of thiophene rings is 1. The summed E-state index contributed by atoms with van der Waals surface area (Å²) in [4.78, 5) is 16.3. The van der Waals surface area contributed by atoms with Crippen molar-refractivity contribution in [1.29, 1.82) is 0 Å². The van der Waals surface area contributed by atoms with Crippen LogP contribution in [0.3, 0.4) is 0 Å². The monoisotopic (exact) mass is 325 g/mol. The Hall–Kier alpha value is -0.970. The number of nitrogens with zero attached hydrogens (tertiary/aromatic N) is 1. The molecular weight excluding hydrogens is 310 g/mol. The standard InChI is InChI=1S/C15H16ClNOS2/c1-2-17(10-12-6-5-9-19-12)15(18)11-20-14-8-4-3-7-13(14)16/h3-9H,2,10-11H2,1H3. The lowest BCUT2D eigenvalue weighted by atomic mass is 10.4. The van der Waals surface area contributed by atoms with E-state index in [4.69, 9.17) is 11.6 Å². The summed E-state index contributed by atoms with van der Waals surface area (Å²) in [6.45, 7) is 3.42. The summed E-state index contributed by atoms with van der Waals surface area (Å²) in [7, 11) is 0. The second-order valence-corrected chi connectivity index (χ2v) is 6.66. The molecule has 1 aromatic carbocycles. The molecule has 106 valence electrons. The molecule has 1 amide bonds. The highest BCUT2D eigenvalue weighted by Gasteiger charge is 2.13. The van der Waals surface area contributed by atoms with E-state index in [1.165, 1.54) is 16.6 Å². The Kier molecular flexibility index (Phi) is 5.95. The molecule has 0 spiro atoms. The maximum absolute atomic E-state index is 12.3. The molecule has 0 N–H and O–H groups in total. The molecule has 0 atom stereocenters. The average Bonchev–Trinajstić information content (AvgIpc) is 2.96. The average molecular weight is 326 g/mol. The number of hydrogen-bond donors (Lipinski definition) is 0. The largest absolute Gasteiger partial charge is 0.337 e. The normalized spacial score (nSPS) is 10.5. The summed E-state index contributed by atoms with van der Waals surface area (Å²) in [5, 5.41) is 2.73. The second kappa shape index (κ2) is 7.72. The summed E-state index contributed by atoms with van der Waals surface area (Å²) in [6.07, 6.45) is 0. The predicted octanol–water partition coefficient (Wildman–Crippen LogP) is 4.54. The highest BCUT2D eigenvalue weighted by Crippen LogP contribution is 2.26. The van der Waals surface area contributed by atoms with Gasteiger partial charge in [0, 0.05) is 16.3 Å². The number of hydrogen-bond acceptors (Lipinski definition) is 3. The first-order valence-corrected chi connectivity index (χ1v) is 8.62. The van der Waals surface area contributed by atoms with Gasteiger partial charge in [0.25, 0.3) is 0 Å². The van der Waals surface area contributed by atoms with E-state index in [1.54, 1.807) is 11.3 Å². The van der Waals surface area contributed by atoms with E-state index in [1.807, 2.05) is 47.5 Å². The minimum absolute atomic E-state index is 0.144. The van der Waals surface area contributed by atoms with Crippen LogP contribution in [0.4, 0.5) is 0 Å². The molecule has 0 unspecified atom stereocenters. The summed E-state index contributed by atoms with van der Waals surface area (Å²) < 4.78 is 0. The van der Waals surface area contributed by atoms with E-state index >= 15 is 0 Å². The van der Waals surface area contributed by atoms with Gasteiger partial charge in [0.1, 0.15) is 0 Å². The lowest BCUT2D eigenvalue weighted by molar-refractivity contribution is -0.128. The molecule has 2 aromatic rings. The fourth-order valence-corrected chi connectivity index (χ4v) is 3.62. The van der Waals surface area contributed by atoms with Crippen LogP contribution in [0.5, 0.6) is 0 Å². The minimum Gasteiger partial charge on any atom is -0.337 e. The minimum atomic E-state index is 0.144. The van der Waals surface area contributed by atoms with Gasteiger partial charge in [-0.2, -0.15) is 0 Å². The van der Waals surface area contributed by atoms with E-state index in [0.717, 1.165) is 11.4 Å². The summed E-state index contributed by atoms with van der Waals surface area (Å²) in [6, 6.07) is 11.7. The Morgan fingerprint density at radius 3 is 2.75 bits per heavy atom. The third-order valence-electron chi connectivity index (χ3n) is 2.85. The van der Waals surface area contributed by atoms with Crippen molar-refractivity contribution < 1.29 is 4.79 Å². The van der Waals surface area contributed by atoms with Crippen LogP contribution < -0.4 is 0 Å². The molecule has 5 heteroatoms. The van der Waals surface area contributed by atoms with E-state index in [0.29, 0.717) is 17.3 Å². The second-order valence-electron chi connectivity index (χ2n) is 4.21. The molecule has 0 fully saturated rings. The van der Waals surface area contributed by atoms with Crippen LogP contribution in [0, 0.1) is 0 Å². The maximum Gasteiger partial charge on any atom is 0.233 e. The first-order chi connectivity index (χ1) is 9.70. The van der Waals surface area contributed by atoms with Crippen molar-refractivity contribution in [3.8, 4) is 0 Å². The van der Waals surface area contributed by atoms with Gasteiger partial charge in [-0.15, -0.1) is 23.1 Å². The van der Waals surface area contributed by atoms with E-state index < -0.39 is 0 Å². The molecule has 0 aliphatic rings. The zero-order valence-corrected chi connectivity index (χ0v) is 13.6. The van der Waals surface area contributed by atoms with Gasteiger partial charge in [-0.25, -0.2) is 0 Å². The van der Waals surface area contributed by atoms with Crippen molar-refractivity contribution >= 4 is 40.6 Å². The van der Waals surface area contributed by atoms with Gasteiger partial charge >= 0.3 is 0 Å². The molecule has 0 aliphatic carbocycles. The summed E-state index contributed by atoms with van der Waals surface area (Å²) in [5.74, 6) is 0.564. The van der Waals surface area contributed by atoms with Crippen LogP contribution in [0.25, 0.3) is 0 Å². The Morgan fingerprint density at radius 1 is 1.30 bits per heavy atom. The molecule has 0 aliphatic heterocycles. The van der Waals surface area contributed by atoms with Crippen LogP contribution >= 0.6 is 34.7 Å². The molecule has 2 nitrogen and oxygen atoms in total. The first-order valence-electron chi connectivity index (χ1n) is 6.38. The number of halogens is 1. The molecule has 20 heavy (non-hydrogen) atoms. The lowest BCUT2D eigenvalue weighted by Gasteiger charge is -2.20. The van der Waals surface area contributed by atoms with Crippen molar-refractivity contribution in [2.45, 2.75) is 18.4 Å². The van der Waals surface area contributed by atoms with Crippen molar-refractivity contribution in [2.24, 2.45) is 0 Å². The van der Waals surface area contributed by atoms with E-state index in [2.05, 4.69) is 6.07 Å². The number of amides is 1. The van der Waals surface area contributed by atoms with E-state index in [-0.39, 0.29) is 5.91 Å². The molecule has 0 saturated heterocycles. The zero-order valence-electron chi connectivity index (χ0n) is 11.2. The van der Waals surface area contributed by atoms with Gasteiger partial charge in [-0.05, 0) is 30.5 Å². The van der Waals surface area contributed by atoms with Crippen LogP contribution in [-0.4, -0.2) is 23.1 Å². The van der Waals surface area contributed by atoms with Gasteiger partial charge in [0.05, 0.1) is 17.3 Å². The quantitative estimate of drug-likeness (QED) is 0.727. The van der Waals surface area contributed by atoms with Crippen LogP contribution in [0.15, 0.2) is 46.7 Å². The molecule has 0 bridgehead atoms. The number of benzene rings is 1. The predicted molar refractivity (Wildman–Crippen MR) is 87.6 cm³/mol. The third-order valence-corrected chi connectivity index (χ3v) is 5.21. The Bertz CT molecular complexity index is 557. The van der Waals surface area contributed by atoms with Crippen molar-refractivity contribution in [3.05, 3.63) is 51.7 Å². The van der Waals surface area contributed by atoms with Crippen LogP contribution in [0.2, 0.25) is 5.02 Å². The van der Waals surface area contributed by atoms with Crippen LogP contribution in [-0.2, 0) is 11.3 Å². The zero-order chi connectivity index (χ0) is 14.4. The summed E-state index contributed by atoms with van der Waals surface area (Å²) >= 11 is 9.26. The van der Waals surface area contributed by atoms with Gasteiger partial charge in [0.15, 0.2) is 0 Å². The number of rotatable bonds is 6. The molecule has 0 saturated carbocycles. The number of carbonyl (C=O) groups is 1. The fourth-order valence-electron chi connectivity index (χ4n) is 1.76. The van der Waals surface area contributed by atoms with Gasteiger partial charge in [0.2, 0.25) is 5.91 Å². The summed E-state index contributed by atoms with van der Waals surface area (Å²) in [5.41, 5.74) is 0. The van der Waals surface area contributed by atoms with Gasteiger partial charge in [-0.3, -0.25) is 4.79 Å². The maximum atomic E-state index is 12.3. The lowest BCUT2D eigenvalue weighted by Crippen LogP contribution is -2.31.